The zero-order valence-electron chi connectivity index (χ0n) is 20.7. The Bertz CT molecular complexity index is 1410. The summed E-state index contributed by atoms with van der Waals surface area (Å²) in [5.41, 5.74) is 4.70. The zero-order chi connectivity index (χ0) is 25.4. The fourth-order valence-electron chi connectivity index (χ4n) is 4.46. The summed E-state index contributed by atoms with van der Waals surface area (Å²) in [4.78, 5) is 26.5. The lowest BCUT2D eigenvalue weighted by Gasteiger charge is -2.40. The molecule has 0 N–H and O–H groups in total. The van der Waals surface area contributed by atoms with Crippen LogP contribution in [0.15, 0.2) is 83.0 Å². The number of benzene rings is 2. The van der Waals surface area contributed by atoms with Crippen molar-refractivity contribution in [3.05, 3.63) is 100 Å². The van der Waals surface area contributed by atoms with Crippen LogP contribution in [0, 0.1) is 5.82 Å². The first-order chi connectivity index (χ1) is 17.2. The van der Waals surface area contributed by atoms with Crippen LogP contribution in [-0.2, 0) is 11.3 Å². The van der Waals surface area contributed by atoms with Gasteiger partial charge in [0.15, 0.2) is 5.17 Å². The number of likely N-dealkylation sites (N-methyl/N-ethyl adjacent to an activating group) is 1. The number of fused-ring (bicyclic) bond motifs is 1. The largest absolute Gasteiger partial charge is 0.365 e. The molecule has 1 fully saturated rings. The van der Waals surface area contributed by atoms with Crippen molar-refractivity contribution >= 4 is 45.9 Å². The SMILES string of the molecule is CC1=CC(C)(C)N(C)c2cc(F)c(/C=C3/SC(=Nc4ccccc4)N(Cc4cccnc4)C3=O)cc21. The maximum atomic E-state index is 15.3. The van der Waals surface area contributed by atoms with Gasteiger partial charge in [0, 0.05) is 36.3 Å². The van der Waals surface area contributed by atoms with E-state index in [-0.39, 0.29) is 17.3 Å². The van der Waals surface area contributed by atoms with Gasteiger partial charge in [-0.2, -0.15) is 0 Å². The summed E-state index contributed by atoms with van der Waals surface area (Å²) in [6.07, 6.45) is 7.25. The van der Waals surface area contributed by atoms with E-state index in [2.05, 4.69) is 29.8 Å². The second kappa shape index (κ2) is 9.39. The number of anilines is 1. The average Bonchev–Trinajstić information content (AvgIpc) is 3.13. The van der Waals surface area contributed by atoms with Gasteiger partial charge in [-0.3, -0.25) is 14.7 Å². The third kappa shape index (κ3) is 4.58. The van der Waals surface area contributed by atoms with Crippen molar-refractivity contribution in [2.24, 2.45) is 4.99 Å². The number of hydrogen-bond acceptors (Lipinski definition) is 5. The molecular formula is C29H27FN4OS. The van der Waals surface area contributed by atoms with Crippen LogP contribution in [0.2, 0.25) is 0 Å². The van der Waals surface area contributed by atoms with Crippen molar-refractivity contribution < 1.29 is 9.18 Å². The summed E-state index contributed by atoms with van der Waals surface area (Å²) >= 11 is 1.26. The van der Waals surface area contributed by atoms with Gasteiger partial charge in [0.2, 0.25) is 0 Å². The highest BCUT2D eigenvalue weighted by Gasteiger charge is 2.34. The van der Waals surface area contributed by atoms with Gasteiger partial charge in [0.05, 0.1) is 22.7 Å². The standard InChI is InChI=1S/C29H27FN4OS/c1-19-16-29(2,3)33(4)25-15-24(30)21(13-23(19)25)14-26-27(35)34(18-20-9-8-12-31-17-20)28(36-26)32-22-10-6-5-7-11-22/h5-17H,18H2,1-4H3/b26-14+,32-28?. The molecule has 3 heterocycles. The lowest BCUT2D eigenvalue weighted by molar-refractivity contribution is -0.122. The number of para-hydroxylation sites is 1. The third-order valence-corrected chi connectivity index (χ3v) is 7.56. The highest BCUT2D eigenvalue weighted by atomic mass is 32.2. The fraction of sp³-hybridized carbons (Fsp3) is 0.207. The number of aliphatic imine (C=N–C) groups is 1. The summed E-state index contributed by atoms with van der Waals surface area (Å²) in [6.45, 7) is 6.58. The minimum absolute atomic E-state index is 0.207. The van der Waals surface area contributed by atoms with E-state index < -0.39 is 0 Å². The van der Waals surface area contributed by atoms with Crippen LogP contribution in [-0.4, -0.2) is 33.5 Å². The van der Waals surface area contributed by atoms with Gasteiger partial charge < -0.3 is 4.90 Å². The Hall–Kier alpha value is -3.71. The van der Waals surface area contributed by atoms with E-state index in [1.165, 1.54) is 11.8 Å². The maximum absolute atomic E-state index is 15.3. The van der Waals surface area contributed by atoms with Crippen LogP contribution in [0.4, 0.5) is 15.8 Å². The number of allylic oxidation sites excluding steroid dienone is 1. The quantitative estimate of drug-likeness (QED) is 0.378. The first-order valence-electron chi connectivity index (χ1n) is 11.7. The van der Waals surface area contributed by atoms with Crippen LogP contribution in [0.3, 0.4) is 0 Å². The molecular weight excluding hydrogens is 471 g/mol. The number of aromatic nitrogens is 1. The minimum Gasteiger partial charge on any atom is -0.365 e. The molecule has 0 saturated carbocycles. The molecule has 7 heteroatoms. The van der Waals surface area contributed by atoms with Gasteiger partial charge in [-0.1, -0.05) is 30.3 Å². The summed E-state index contributed by atoms with van der Waals surface area (Å²) in [5.74, 6) is -0.569. The number of nitrogens with zero attached hydrogens (tertiary/aromatic N) is 4. The number of rotatable bonds is 4. The molecule has 5 nitrogen and oxygen atoms in total. The number of carbonyl (C=O) groups excluding carboxylic acids is 1. The number of amidine groups is 1. The molecule has 3 aromatic rings. The Labute approximate surface area is 215 Å². The molecule has 2 aliphatic rings. The van der Waals surface area contributed by atoms with Gasteiger partial charge in [0.25, 0.3) is 5.91 Å². The minimum atomic E-state index is -0.362. The third-order valence-electron chi connectivity index (χ3n) is 6.55. The van der Waals surface area contributed by atoms with E-state index in [0.717, 1.165) is 28.1 Å². The number of carbonyl (C=O) groups is 1. The number of pyridine rings is 1. The van der Waals surface area contributed by atoms with Crippen molar-refractivity contribution in [3.8, 4) is 0 Å². The van der Waals surface area contributed by atoms with Gasteiger partial charge in [-0.25, -0.2) is 9.38 Å². The molecule has 1 amide bonds. The lowest BCUT2D eigenvalue weighted by Crippen LogP contribution is -2.42. The number of halogens is 1. The normalized spacial score (nSPS) is 19.1. The van der Waals surface area contributed by atoms with Gasteiger partial charge in [-0.05, 0) is 80.1 Å². The predicted molar refractivity (Wildman–Crippen MR) is 146 cm³/mol. The van der Waals surface area contributed by atoms with Gasteiger partial charge in [-0.15, -0.1) is 0 Å². The van der Waals surface area contributed by atoms with E-state index in [9.17, 15) is 4.79 Å². The lowest BCUT2D eigenvalue weighted by atomic mass is 9.88. The van der Waals surface area contributed by atoms with E-state index in [1.54, 1.807) is 29.4 Å². The molecule has 0 spiro atoms. The summed E-state index contributed by atoms with van der Waals surface area (Å²) in [7, 11) is 1.97. The Balaban J connectivity index is 1.54. The molecule has 1 saturated heterocycles. The number of thioether (sulfide) groups is 1. The van der Waals surface area contributed by atoms with Crippen LogP contribution < -0.4 is 4.90 Å². The highest BCUT2D eigenvalue weighted by molar-refractivity contribution is 8.18. The molecule has 2 aliphatic heterocycles. The molecule has 0 aliphatic carbocycles. The second-order valence-electron chi connectivity index (χ2n) is 9.52. The zero-order valence-corrected chi connectivity index (χ0v) is 21.5. The van der Waals surface area contributed by atoms with E-state index >= 15 is 4.39 Å². The molecule has 182 valence electrons. The first-order valence-corrected chi connectivity index (χ1v) is 12.6. The van der Waals surface area contributed by atoms with Crippen LogP contribution >= 0.6 is 11.8 Å². The van der Waals surface area contributed by atoms with Crippen LogP contribution in [0.25, 0.3) is 11.6 Å². The molecule has 0 radical (unpaired) electrons. The molecule has 5 rings (SSSR count). The van der Waals surface area contributed by atoms with Crippen LogP contribution in [0.1, 0.15) is 37.5 Å². The number of hydrogen-bond donors (Lipinski definition) is 0. The molecule has 2 aromatic carbocycles. The van der Waals surface area contributed by atoms with Crippen molar-refractivity contribution in [1.82, 2.24) is 9.88 Å². The highest BCUT2D eigenvalue weighted by Crippen LogP contribution is 2.41. The van der Waals surface area contributed by atoms with Crippen molar-refractivity contribution in [2.75, 3.05) is 11.9 Å². The Morgan fingerprint density at radius 3 is 2.64 bits per heavy atom. The van der Waals surface area contributed by atoms with Crippen molar-refractivity contribution in [2.45, 2.75) is 32.9 Å². The predicted octanol–water partition coefficient (Wildman–Crippen LogP) is 6.66. The second-order valence-corrected chi connectivity index (χ2v) is 10.5. The summed E-state index contributed by atoms with van der Waals surface area (Å²) < 4.78 is 15.3. The number of amides is 1. The topological polar surface area (TPSA) is 48.8 Å². The average molecular weight is 499 g/mol. The van der Waals surface area contributed by atoms with Gasteiger partial charge in [0.1, 0.15) is 5.82 Å². The summed E-state index contributed by atoms with van der Waals surface area (Å²) in [5, 5.41) is 0.553. The van der Waals surface area contributed by atoms with E-state index in [0.29, 0.717) is 22.2 Å². The van der Waals surface area contributed by atoms with Crippen molar-refractivity contribution in [3.63, 3.8) is 0 Å². The molecule has 0 atom stereocenters. The maximum Gasteiger partial charge on any atom is 0.267 e. The Morgan fingerprint density at radius 1 is 1.14 bits per heavy atom. The molecule has 1 aromatic heterocycles. The monoisotopic (exact) mass is 498 g/mol. The smallest absolute Gasteiger partial charge is 0.267 e. The molecule has 0 bridgehead atoms. The summed E-state index contributed by atoms with van der Waals surface area (Å²) in [6, 6.07) is 16.7. The van der Waals surface area contributed by atoms with E-state index in [4.69, 9.17) is 4.99 Å². The first kappa shape index (κ1) is 24.0. The van der Waals surface area contributed by atoms with Crippen LogP contribution in [0.5, 0.6) is 0 Å². The van der Waals surface area contributed by atoms with E-state index in [1.807, 2.05) is 62.5 Å². The molecule has 0 unspecified atom stereocenters. The molecule has 36 heavy (non-hydrogen) atoms. The Kier molecular flexibility index (Phi) is 6.26. The Morgan fingerprint density at radius 2 is 1.92 bits per heavy atom. The van der Waals surface area contributed by atoms with Gasteiger partial charge >= 0.3 is 0 Å². The van der Waals surface area contributed by atoms with Crippen molar-refractivity contribution in [1.29, 1.82) is 0 Å². The fourth-order valence-corrected chi connectivity index (χ4v) is 5.45.